The van der Waals surface area contributed by atoms with E-state index >= 15 is 0 Å². The number of benzene rings is 2. The second-order valence-electron chi connectivity index (χ2n) is 5.45. The van der Waals surface area contributed by atoms with Gasteiger partial charge >= 0.3 is 0 Å². The fraction of sp³-hybridized carbons (Fsp3) is 0.278. The first-order valence-corrected chi connectivity index (χ1v) is 7.70. The summed E-state index contributed by atoms with van der Waals surface area (Å²) >= 11 is 6.12. The van der Waals surface area contributed by atoms with E-state index in [9.17, 15) is 0 Å². The Balaban J connectivity index is 1.88. The molecule has 0 saturated carbocycles. The summed E-state index contributed by atoms with van der Waals surface area (Å²) in [7, 11) is 0. The minimum Gasteiger partial charge on any atom is -0.378 e. The molecule has 3 rings (SSSR count). The topological polar surface area (TPSA) is 35.8 Å². The quantitative estimate of drug-likeness (QED) is 0.783. The minimum atomic E-state index is 0.313. The number of aryl methyl sites for hydroxylation is 1. The molecule has 1 aliphatic carbocycles. The maximum atomic E-state index is 8.94. The summed E-state index contributed by atoms with van der Waals surface area (Å²) in [5, 5.41) is 13.0. The second-order valence-corrected chi connectivity index (χ2v) is 5.86. The number of rotatable bonds is 2. The van der Waals surface area contributed by atoms with E-state index < -0.39 is 0 Å². The Labute approximate surface area is 130 Å². The maximum absolute atomic E-state index is 8.94. The zero-order chi connectivity index (χ0) is 14.7. The SMILES string of the molecule is N#Cc1ccc(NC2CCCCc3ccccc32)cc1Cl. The van der Waals surface area contributed by atoms with Crippen molar-refractivity contribution in [3.05, 3.63) is 64.2 Å². The number of hydrogen-bond donors (Lipinski definition) is 1. The van der Waals surface area contributed by atoms with E-state index in [4.69, 9.17) is 16.9 Å². The Hall–Kier alpha value is -1.98. The van der Waals surface area contributed by atoms with Crippen LogP contribution in [0, 0.1) is 11.3 Å². The number of nitriles is 1. The van der Waals surface area contributed by atoms with Gasteiger partial charge in [0.1, 0.15) is 6.07 Å². The standard InChI is InChI=1S/C18H17ClN2/c19-17-11-15(10-9-14(17)12-20)21-18-8-4-2-6-13-5-1-3-7-16(13)18/h1,3,5,7,9-11,18,21H,2,4,6,8H2. The highest BCUT2D eigenvalue weighted by molar-refractivity contribution is 6.32. The number of halogens is 1. The largest absolute Gasteiger partial charge is 0.378 e. The summed E-state index contributed by atoms with van der Waals surface area (Å²) in [6, 6.07) is 16.6. The van der Waals surface area contributed by atoms with Crippen LogP contribution >= 0.6 is 11.6 Å². The molecule has 21 heavy (non-hydrogen) atoms. The summed E-state index contributed by atoms with van der Waals surface area (Å²) in [5.41, 5.74) is 4.31. The van der Waals surface area contributed by atoms with Crippen LogP contribution in [0.5, 0.6) is 0 Å². The van der Waals surface area contributed by atoms with E-state index in [0.717, 1.165) is 18.5 Å². The van der Waals surface area contributed by atoms with Crippen molar-refractivity contribution in [3.63, 3.8) is 0 Å². The Bertz CT molecular complexity index is 688. The highest BCUT2D eigenvalue weighted by atomic mass is 35.5. The van der Waals surface area contributed by atoms with Gasteiger partial charge in [0, 0.05) is 5.69 Å². The van der Waals surface area contributed by atoms with Crippen molar-refractivity contribution in [2.45, 2.75) is 31.7 Å². The molecule has 1 aliphatic rings. The molecule has 0 aliphatic heterocycles. The monoisotopic (exact) mass is 296 g/mol. The third-order valence-electron chi connectivity index (χ3n) is 4.05. The van der Waals surface area contributed by atoms with E-state index in [1.807, 2.05) is 12.1 Å². The van der Waals surface area contributed by atoms with Crippen LogP contribution in [0.15, 0.2) is 42.5 Å². The van der Waals surface area contributed by atoms with Crippen LogP contribution in [-0.4, -0.2) is 0 Å². The molecule has 2 nitrogen and oxygen atoms in total. The van der Waals surface area contributed by atoms with Crippen LogP contribution < -0.4 is 5.32 Å². The van der Waals surface area contributed by atoms with Crippen LogP contribution in [-0.2, 0) is 6.42 Å². The van der Waals surface area contributed by atoms with Gasteiger partial charge in [-0.25, -0.2) is 0 Å². The van der Waals surface area contributed by atoms with Gasteiger partial charge in [-0.1, -0.05) is 42.3 Å². The molecule has 0 radical (unpaired) electrons. The van der Waals surface area contributed by atoms with Crippen LogP contribution in [0.2, 0.25) is 5.02 Å². The van der Waals surface area contributed by atoms with Gasteiger partial charge in [-0.05, 0) is 48.6 Å². The fourth-order valence-electron chi connectivity index (χ4n) is 2.97. The average molecular weight is 297 g/mol. The average Bonchev–Trinajstić information content (AvgIpc) is 2.70. The van der Waals surface area contributed by atoms with Crippen LogP contribution in [0.3, 0.4) is 0 Å². The van der Waals surface area contributed by atoms with Crippen molar-refractivity contribution >= 4 is 17.3 Å². The molecule has 0 heterocycles. The molecule has 106 valence electrons. The Kier molecular flexibility index (Phi) is 4.13. The molecule has 2 aromatic rings. The van der Waals surface area contributed by atoms with E-state index in [1.165, 1.54) is 24.0 Å². The molecule has 0 saturated heterocycles. The Morgan fingerprint density at radius 2 is 2.00 bits per heavy atom. The number of nitrogens with zero attached hydrogens (tertiary/aromatic N) is 1. The summed E-state index contributed by atoms with van der Waals surface area (Å²) in [6.45, 7) is 0. The van der Waals surface area contributed by atoms with E-state index in [0.29, 0.717) is 16.6 Å². The number of anilines is 1. The summed E-state index contributed by atoms with van der Waals surface area (Å²) in [5.74, 6) is 0. The van der Waals surface area contributed by atoms with Crippen molar-refractivity contribution < 1.29 is 0 Å². The first kappa shape index (κ1) is 14.0. The van der Waals surface area contributed by atoms with Crippen molar-refractivity contribution in [2.75, 3.05) is 5.32 Å². The van der Waals surface area contributed by atoms with Gasteiger partial charge in [0.15, 0.2) is 0 Å². The molecular weight excluding hydrogens is 280 g/mol. The van der Waals surface area contributed by atoms with Gasteiger partial charge in [-0.2, -0.15) is 5.26 Å². The zero-order valence-electron chi connectivity index (χ0n) is 11.8. The first-order valence-electron chi connectivity index (χ1n) is 7.32. The summed E-state index contributed by atoms with van der Waals surface area (Å²) in [6.07, 6.45) is 4.73. The lowest BCUT2D eigenvalue weighted by Crippen LogP contribution is -2.11. The molecule has 1 unspecified atom stereocenters. The molecule has 1 N–H and O–H groups in total. The maximum Gasteiger partial charge on any atom is 0.101 e. The molecular formula is C18H17ClN2. The van der Waals surface area contributed by atoms with Crippen LogP contribution in [0.4, 0.5) is 5.69 Å². The van der Waals surface area contributed by atoms with Crippen LogP contribution in [0.25, 0.3) is 0 Å². The van der Waals surface area contributed by atoms with Gasteiger partial charge in [-0.3, -0.25) is 0 Å². The van der Waals surface area contributed by atoms with E-state index in [-0.39, 0.29) is 0 Å². The number of hydrogen-bond acceptors (Lipinski definition) is 2. The van der Waals surface area contributed by atoms with Crippen molar-refractivity contribution in [3.8, 4) is 6.07 Å². The van der Waals surface area contributed by atoms with Gasteiger partial charge in [-0.15, -0.1) is 0 Å². The minimum absolute atomic E-state index is 0.313. The molecule has 3 heteroatoms. The highest BCUT2D eigenvalue weighted by Gasteiger charge is 2.18. The van der Waals surface area contributed by atoms with Crippen molar-refractivity contribution in [1.29, 1.82) is 5.26 Å². The molecule has 0 fully saturated rings. The van der Waals surface area contributed by atoms with E-state index in [2.05, 4.69) is 35.7 Å². The van der Waals surface area contributed by atoms with Gasteiger partial charge in [0.25, 0.3) is 0 Å². The normalized spacial score (nSPS) is 17.4. The number of nitrogens with one attached hydrogen (secondary N) is 1. The highest BCUT2D eigenvalue weighted by Crippen LogP contribution is 2.32. The zero-order valence-corrected chi connectivity index (χ0v) is 12.5. The Morgan fingerprint density at radius 1 is 1.14 bits per heavy atom. The molecule has 0 amide bonds. The smallest absolute Gasteiger partial charge is 0.101 e. The lowest BCUT2D eigenvalue weighted by atomic mass is 9.99. The molecule has 0 bridgehead atoms. The third kappa shape index (κ3) is 3.04. The molecule has 1 atom stereocenters. The van der Waals surface area contributed by atoms with E-state index in [1.54, 1.807) is 6.07 Å². The van der Waals surface area contributed by atoms with Crippen molar-refractivity contribution in [1.82, 2.24) is 0 Å². The number of fused-ring (bicyclic) bond motifs is 1. The van der Waals surface area contributed by atoms with Gasteiger partial charge in [0.05, 0.1) is 16.6 Å². The van der Waals surface area contributed by atoms with Crippen LogP contribution in [0.1, 0.15) is 42.0 Å². The lowest BCUT2D eigenvalue weighted by molar-refractivity contribution is 0.644. The van der Waals surface area contributed by atoms with Gasteiger partial charge in [0.2, 0.25) is 0 Å². The molecule has 0 spiro atoms. The third-order valence-corrected chi connectivity index (χ3v) is 4.36. The predicted molar refractivity (Wildman–Crippen MR) is 86.5 cm³/mol. The molecule has 0 aromatic heterocycles. The molecule has 2 aromatic carbocycles. The first-order chi connectivity index (χ1) is 10.3. The Morgan fingerprint density at radius 3 is 2.81 bits per heavy atom. The summed E-state index contributed by atoms with van der Waals surface area (Å²) < 4.78 is 0. The van der Waals surface area contributed by atoms with Crippen molar-refractivity contribution in [2.24, 2.45) is 0 Å². The second kappa shape index (κ2) is 6.20. The van der Waals surface area contributed by atoms with Gasteiger partial charge < -0.3 is 5.32 Å². The lowest BCUT2D eigenvalue weighted by Gasteiger charge is -2.21. The summed E-state index contributed by atoms with van der Waals surface area (Å²) in [4.78, 5) is 0. The fourth-order valence-corrected chi connectivity index (χ4v) is 3.19. The predicted octanol–water partition coefficient (Wildman–Crippen LogP) is 5.09.